The molecule has 0 saturated carbocycles. The summed E-state index contributed by atoms with van der Waals surface area (Å²) in [6.45, 7) is 6.55. The zero-order valence-corrected chi connectivity index (χ0v) is 11.5. The van der Waals surface area contributed by atoms with E-state index in [9.17, 15) is 10.00 Å². The highest BCUT2D eigenvalue weighted by Gasteiger charge is 2.20. The summed E-state index contributed by atoms with van der Waals surface area (Å²) in [6, 6.07) is 7.36. The Morgan fingerprint density at radius 2 is 1.94 bits per heavy atom. The van der Waals surface area contributed by atoms with Gasteiger partial charge in [-0.15, -0.1) is 0 Å². The molecule has 2 N–H and O–H groups in total. The highest BCUT2D eigenvalue weighted by atomic mass is 31.2. The fourth-order valence-electron chi connectivity index (χ4n) is 1.79. The Balaban J connectivity index is 2.63. The first-order valence-electron chi connectivity index (χ1n) is 5.93. The number of benzene rings is 1. The van der Waals surface area contributed by atoms with Gasteiger partial charge < -0.3 is 14.5 Å². The number of phenolic OH excluding ortho intramolecular Hbond substituents is 1. The summed E-state index contributed by atoms with van der Waals surface area (Å²) in [5.74, 6) is 0.797. The van der Waals surface area contributed by atoms with Crippen molar-refractivity contribution in [2.24, 2.45) is 5.92 Å². The molecule has 96 valence electrons. The van der Waals surface area contributed by atoms with E-state index in [0.29, 0.717) is 18.5 Å². The van der Waals surface area contributed by atoms with Crippen LogP contribution in [0.15, 0.2) is 24.3 Å². The summed E-state index contributed by atoms with van der Waals surface area (Å²) in [5, 5.41) is 9.78. The van der Waals surface area contributed by atoms with Crippen molar-refractivity contribution in [1.82, 2.24) is 0 Å². The van der Waals surface area contributed by atoms with Gasteiger partial charge in [-0.25, -0.2) is 0 Å². The number of rotatable bonds is 6. The molecular formula is C13H21O3P. The van der Waals surface area contributed by atoms with E-state index in [1.54, 1.807) is 6.07 Å². The van der Waals surface area contributed by atoms with Gasteiger partial charge in [-0.1, -0.05) is 32.0 Å². The summed E-state index contributed by atoms with van der Waals surface area (Å²) in [6.07, 6.45) is 0.638. The lowest BCUT2D eigenvalue weighted by atomic mass is 9.89. The first-order chi connectivity index (χ1) is 8.06. The average Bonchev–Trinajstić information content (AvgIpc) is 2.29. The van der Waals surface area contributed by atoms with Crippen LogP contribution in [0.3, 0.4) is 0 Å². The molecule has 1 aromatic carbocycles. The van der Waals surface area contributed by atoms with E-state index in [0.717, 1.165) is 5.56 Å². The lowest BCUT2D eigenvalue weighted by Gasteiger charge is -2.22. The van der Waals surface area contributed by atoms with Gasteiger partial charge in [0.25, 0.3) is 0 Å². The van der Waals surface area contributed by atoms with Crippen LogP contribution in [0, 0.1) is 5.92 Å². The minimum Gasteiger partial charge on any atom is -0.508 e. The first kappa shape index (κ1) is 14.4. The molecule has 0 heterocycles. The summed E-state index contributed by atoms with van der Waals surface area (Å²) in [4.78, 5) is 9.66. The molecule has 17 heavy (non-hydrogen) atoms. The zero-order chi connectivity index (χ0) is 12.8. The minimum atomic E-state index is -1.33. The van der Waals surface area contributed by atoms with Crippen LogP contribution in [0.25, 0.3) is 0 Å². The second kappa shape index (κ2) is 6.95. The average molecular weight is 256 g/mol. The molecule has 0 aliphatic rings. The van der Waals surface area contributed by atoms with Gasteiger partial charge in [0.15, 0.2) is 8.38 Å². The zero-order valence-electron chi connectivity index (χ0n) is 10.6. The van der Waals surface area contributed by atoms with Crippen LogP contribution >= 0.6 is 8.38 Å². The van der Waals surface area contributed by atoms with Crippen LogP contribution in [0.4, 0.5) is 0 Å². The van der Waals surface area contributed by atoms with Crippen molar-refractivity contribution in [2.75, 3.05) is 12.8 Å². The Morgan fingerprint density at radius 3 is 2.53 bits per heavy atom. The van der Waals surface area contributed by atoms with Gasteiger partial charge in [0, 0.05) is 6.16 Å². The maximum absolute atomic E-state index is 9.78. The van der Waals surface area contributed by atoms with Crippen molar-refractivity contribution in [3.63, 3.8) is 0 Å². The van der Waals surface area contributed by atoms with E-state index >= 15 is 0 Å². The largest absolute Gasteiger partial charge is 0.508 e. The topological polar surface area (TPSA) is 49.7 Å². The van der Waals surface area contributed by atoms with Gasteiger partial charge in [0.2, 0.25) is 0 Å². The van der Waals surface area contributed by atoms with E-state index in [4.69, 9.17) is 4.52 Å². The number of hydrogen-bond donors (Lipinski definition) is 2. The Morgan fingerprint density at radius 1 is 1.29 bits per heavy atom. The molecule has 4 heteroatoms. The Bertz CT molecular complexity index is 343. The molecule has 0 saturated heterocycles. The number of phenols is 1. The maximum atomic E-state index is 9.78. The fraction of sp³-hybridized carbons (Fsp3) is 0.538. The second-order valence-corrected chi connectivity index (χ2v) is 5.60. The van der Waals surface area contributed by atoms with Crippen LogP contribution in [0.1, 0.15) is 32.3 Å². The van der Waals surface area contributed by atoms with E-state index < -0.39 is 8.38 Å². The van der Waals surface area contributed by atoms with Crippen LogP contribution in [0.2, 0.25) is 0 Å². The van der Waals surface area contributed by atoms with E-state index in [1.165, 1.54) is 0 Å². The first-order valence-corrected chi connectivity index (χ1v) is 7.33. The summed E-state index contributed by atoms with van der Waals surface area (Å²) >= 11 is 0. The number of hydrogen-bond acceptors (Lipinski definition) is 3. The van der Waals surface area contributed by atoms with Crippen LogP contribution in [-0.2, 0) is 4.52 Å². The Hall–Kier alpha value is -0.630. The molecule has 3 nitrogen and oxygen atoms in total. The fourth-order valence-corrected chi connectivity index (χ4v) is 3.00. The summed E-state index contributed by atoms with van der Waals surface area (Å²) in [5.41, 5.74) is 0.930. The monoisotopic (exact) mass is 256 g/mol. The van der Waals surface area contributed by atoms with E-state index in [-0.39, 0.29) is 11.8 Å². The molecule has 0 radical (unpaired) electrons. The van der Waals surface area contributed by atoms with Crippen molar-refractivity contribution >= 4 is 8.38 Å². The molecule has 1 rings (SSSR count). The van der Waals surface area contributed by atoms with Crippen molar-refractivity contribution in [2.45, 2.75) is 26.7 Å². The molecule has 0 amide bonds. The molecule has 0 spiro atoms. The van der Waals surface area contributed by atoms with E-state index in [2.05, 4.69) is 13.8 Å². The van der Waals surface area contributed by atoms with Gasteiger partial charge in [-0.05, 0) is 30.4 Å². The Kier molecular flexibility index (Phi) is 5.90. The van der Waals surface area contributed by atoms with Crippen molar-refractivity contribution in [3.8, 4) is 5.75 Å². The molecule has 0 aliphatic heterocycles. The smallest absolute Gasteiger partial charge is 0.167 e. The number of aromatic hydroxyl groups is 1. The molecule has 0 aromatic heterocycles. The molecule has 0 bridgehead atoms. The van der Waals surface area contributed by atoms with Crippen molar-refractivity contribution < 1.29 is 14.5 Å². The standard InChI is InChI=1S/C13H21O3P/c1-4-16-17(15)9-10(2)11(3)12-7-5-6-8-13(12)14/h5-8,10-11,14-15H,4,9H2,1-3H3/t10-,11?,17?/m0/s1. The molecular weight excluding hydrogens is 235 g/mol. The van der Waals surface area contributed by atoms with Crippen molar-refractivity contribution in [3.05, 3.63) is 29.8 Å². The third-order valence-corrected chi connectivity index (χ3v) is 4.45. The predicted octanol–water partition coefficient (Wildman–Crippen LogP) is 3.47. The van der Waals surface area contributed by atoms with Crippen molar-refractivity contribution in [1.29, 1.82) is 0 Å². The normalized spacial score (nSPS) is 16.5. The quantitative estimate of drug-likeness (QED) is 0.766. The Labute approximate surface area is 104 Å². The summed E-state index contributed by atoms with van der Waals surface area (Å²) in [7, 11) is -1.33. The highest BCUT2D eigenvalue weighted by molar-refractivity contribution is 7.46. The second-order valence-electron chi connectivity index (χ2n) is 4.28. The third-order valence-electron chi connectivity index (χ3n) is 3.00. The summed E-state index contributed by atoms with van der Waals surface area (Å²) < 4.78 is 5.19. The number of para-hydroxylation sites is 1. The SMILES string of the molecule is CCOP(O)C[C@H](C)C(C)c1ccccc1O. The van der Waals surface area contributed by atoms with Crippen LogP contribution in [-0.4, -0.2) is 22.8 Å². The third kappa shape index (κ3) is 4.27. The minimum absolute atomic E-state index is 0.203. The predicted molar refractivity (Wildman–Crippen MR) is 71.3 cm³/mol. The van der Waals surface area contributed by atoms with Crippen LogP contribution in [0.5, 0.6) is 5.75 Å². The van der Waals surface area contributed by atoms with Gasteiger partial charge in [-0.3, -0.25) is 0 Å². The van der Waals surface area contributed by atoms with Gasteiger partial charge >= 0.3 is 0 Å². The van der Waals surface area contributed by atoms with Crippen LogP contribution < -0.4 is 0 Å². The lowest BCUT2D eigenvalue weighted by molar-refractivity contribution is 0.322. The molecule has 0 aliphatic carbocycles. The maximum Gasteiger partial charge on any atom is 0.167 e. The van der Waals surface area contributed by atoms with E-state index in [1.807, 2.05) is 25.1 Å². The molecule has 3 atom stereocenters. The van der Waals surface area contributed by atoms with Gasteiger partial charge in [0.05, 0.1) is 6.61 Å². The molecule has 1 aromatic rings. The lowest BCUT2D eigenvalue weighted by Crippen LogP contribution is -2.11. The highest BCUT2D eigenvalue weighted by Crippen LogP contribution is 2.39. The van der Waals surface area contributed by atoms with Gasteiger partial charge in [-0.2, -0.15) is 0 Å². The molecule has 2 unspecified atom stereocenters. The van der Waals surface area contributed by atoms with Gasteiger partial charge in [0.1, 0.15) is 5.75 Å². The molecule has 0 fully saturated rings.